The number of rotatable bonds is 8. The lowest BCUT2D eigenvalue weighted by Crippen LogP contribution is -2.42. The van der Waals surface area contributed by atoms with E-state index in [1.807, 2.05) is 38.1 Å². The molecule has 0 bridgehead atoms. The third-order valence-electron chi connectivity index (χ3n) is 5.34. The fourth-order valence-corrected chi connectivity index (χ4v) is 3.79. The summed E-state index contributed by atoms with van der Waals surface area (Å²) in [5.41, 5.74) is 1.39. The molecular weight excluding hydrogens is 398 g/mol. The summed E-state index contributed by atoms with van der Waals surface area (Å²) in [6, 6.07) is 11.6. The normalized spacial score (nSPS) is 14.0. The minimum Gasteiger partial charge on any atom is -0.347 e. The first-order valence-corrected chi connectivity index (χ1v) is 10.3. The van der Waals surface area contributed by atoms with Gasteiger partial charge in [0.05, 0.1) is 16.5 Å². The Morgan fingerprint density at radius 3 is 2.35 bits per heavy atom. The smallest absolute Gasteiger partial charge is 0.282 e. The van der Waals surface area contributed by atoms with Gasteiger partial charge in [-0.05, 0) is 29.5 Å². The first-order valence-electron chi connectivity index (χ1n) is 10.3. The molecule has 0 radical (unpaired) electrons. The second-order valence-electron chi connectivity index (χ2n) is 7.93. The maximum absolute atomic E-state index is 12.7. The maximum Gasteiger partial charge on any atom is 0.282 e. The van der Waals surface area contributed by atoms with Crippen molar-refractivity contribution in [2.24, 2.45) is 5.92 Å². The molecule has 0 saturated carbocycles. The lowest BCUT2D eigenvalue weighted by molar-refractivity contribution is -0.385. The van der Waals surface area contributed by atoms with Gasteiger partial charge in [0.25, 0.3) is 17.5 Å². The summed E-state index contributed by atoms with van der Waals surface area (Å²) < 4.78 is 0. The predicted octanol–water partition coefficient (Wildman–Crippen LogP) is 3.66. The van der Waals surface area contributed by atoms with Gasteiger partial charge in [-0.1, -0.05) is 57.5 Å². The molecule has 1 aliphatic rings. The van der Waals surface area contributed by atoms with Gasteiger partial charge < -0.3 is 5.32 Å². The summed E-state index contributed by atoms with van der Waals surface area (Å²) in [5.74, 6) is -1.96. The van der Waals surface area contributed by atoms with Crippen LogP contribution in [0, 0.1) is 16.0 Å². The Labute approximate surface area is 180 Å². The van der Waals surface area contributed by atoms with E-state index < -0.39 is 34.9 Å². The molecule has 1 N–H and O–H groups in total. The van der Waals surface area contributed by atoms with Crippen LogP contribution in [-0.4, -0.2) is 34.1 Å². The van der Waals surface area contributed by atoms with Crippen LogP contribution < -0.4 is 5.32 Å². The van der Waals surface area contributed by atoms with Crippen LogP contribution in [0.25, 0.3) is 0 Å². The van der Waals surface area contributed by atoms with Crippen molar-refractivity contribution in [2.45, 2.75) is 39.7 Å². The molecule has 0 spiro atoms. The van der Waals surface area contributed by atoms with Gasteiger partial charge in [0, 0.05) is 6.07 Å². The van der Waals surface area contributed by atoms with Gasteiger partial charge in [-0.15, -0.1) is 0 Å². The molecule has 2 aromatic rings. The predicted molar refractivity (Wildman–Crippen MR) is 115 cm³/mol. The van der Waals surface area contributed by atoms with Crippen LogP contribution >= 0.6 is 0 Å². The number of benzene rings is 2. The summed E-state index contributed by atoms with van der Waals surface area (Å²) in [6.45, 7) is 5.55. The summed E-state index contributed by atoms with van der Waals surface area (Å²) in [7, 11) is 0. The number of carbonyl (C=O) groups excluding carboxylic acids is 3. The van der Waals surface area contributed by atoms with Gasteiger partial charge in [0.15, 0.2) is 0 Å². The quantitative estimate of drug-likeness (QED) is 0.396. The molecule has 8 nitrogen and oxygen atoms in total. The number of hydrogen-bond acceptors (Lipinski definition) is 5. The molecule has 2 aromatic carbocycles. The van der Waals surface area contributed by atoms with Crippen molar-refractivity contribution in [2.75, 3.05) is 6.54 Å². The van der Waals surface area contributed by atoms with E-state index in [0.29, 0.717) is 0 Å². The van der Waals surface area contributed by atoms with Gasteiger partial charge in [0.2, 0.25) is 5.91 Å². The Balaban J connectivity index is 1.76. The molecule has 1 atom stereocenters. The molecular formula is C23H25N3O5. The number of aryl methyl sites for hydroxylation is 1. The summed E-state index contributed by atoms with van der Waals surface area (Å²) in [6.07, 6.45) is 2.02. The Bertz CT molecular complexity index is 1030. The number of hydrogen-bond donors (Lipinski definition) is 1. The molecule has 8 heteroatoms. The average molecular weight is 423 g/mol. The second-order valence-corrected chi connectivity index (χ2v) is 7.93. The summed E-state index contributed by atoms with van der Waals surface area (Å²) in [5, 5.41) is 14.1. The van der Waals surface area contributed by atoms with Crippen LogP contribution in [0.5, 0.6) is 0 Å². The molecule has 3 amide bonds. The van der Waals surface area contributed by atoms with Crippen molar-refractivity contribution in [3.05, 3.63) is 74.8 Å². The number of amides is 3. The molecule has 0 aliphatic carbocycles. The van der Waals surface area contributed by atoms with Gasteiger partial charge in [-0.3, -0.25) is 29.4 Å². The summed E-state index contributed by atoms with van der Waals surface area (Å²) >= 11 is 0. The highest BCUT2D eigenvalue weighted by atomic mass is 16.6. The topological polar surface area (TPSA) is 110 Å². The van der Waals surface area contributed by atoms with Crippen LogP contribution in [0.3, 0.4) is 0 Å². The molecule has 31 heavy (non-hydrogen) atoms. The molecule has 1 heterocycles. The first-order chi connectivity index (χ1) is 14.7. The Kier molecular flexibility index (Phi) is 6.48. The lowest BCUT2D eigenvalue weighted by Gasteiger charge is -2.24. The SMILES string of the molecule is CCCc1ccc(C(NC(=O)CN2C(=O)c3cccc([N+](=O)[O-])c3C2=O)C(C)C)cc1. The lowest BCUT2D eigenvalue weighted by atomic mass is 9.94. The number of imide groups is 1. The molecule has 162 valence electrons. The molecule has 1 unspecified atom stereocenters. The van der Waals surface area contributed by atoms with Crippen molar-refractivity contribution in [3.63, 3.8) is 0 Å². The van der Waals surface area contributed by atoms with E-state index in [-0.39, 0.29) is 23.1 Å². The van der Waals surface area contributed by atoms with Gasteiger partial charge in [0.1, 0.15) is 12.1 Å². The molecule has 1 aliphatic heterocycles. The van der Waals surface area contributed by atoms with Gasteiger partial charge >= 0.3 is 0 Å². The van der Waals surface area contributed by atoms with E-state index in [9.17, 15) is 24.5 Å². The number of nitrogens with zero attached hydrogens (tertiary/aromatic N) is 2. The molecule has 0 aromatic heterocycles. The fourth-order valence-electron chi connectivity index (χ4n) is 3.79. The number of fused-ring (bicyclic) bond motifs is 1. The Morgan fingerprint density at radius 1 is 1.10 bits per heavy atom. The average Bonchev–Trinajstić information content (AvgIpc) is 2.97. The number of nitro groups is 1. The van der Waals surface area contributed by atoms with Gasteiger partial charge in [-0.2, -0.15) is 0 Å². The van der Waals surface area contributed by atoms with E-state index in [4.69, 9.17) is 0 Å². The second kappa shape index (κ2) is 9.07. The minimum absolute atomic E-state index is 0.0566. The Morgan fingerprint density at radius 2 is 1.77 bits per heavy atom. The zero-order chi connectivity index (χ0) is 22.7. The van der Waals surface area contributed by atoms with Crippen LogP contribution in [-0.2, 0) is 11.2 Å². The minimum atomic E-state index is -0.826. The zero-order valence-corrected chi connectivity index (χ0v) is 17.8. The molecule has 3 rings (SSSR count). The highest BCUT2D eigenvalue weighted by molar-refractivity contribution is 6.24. The highest BCUT2D eigenvalue weighted by Gasteiger charge is 2.41. The number of nitrogens with one attached hydrogen (secondary N) is 1. The standard InChI is InChI=1S/C23H25N3O5/c1-4-6-15-9-11-16(12-10-15)21(14(2)3)24-19(27)13-25-22(28)17-7-5-8-18(26(30)31)20(17)23(25)29/h5,7-12,14,21H,4,6,13H2,1-3H3,(H,24,27). The van der Waals surface area contributed by atoms with Crippen LogP contribution in [0.4, 0.5) is 5.69 Å². The third-order valence-corrected chi connectivity index (χ3v) is 5.34. The summed E-state index contributed by atoms with van der Waals surface area (Å²) in [4.78, 5) is 49.3. The largest absolute Gasteiger partial charge is 0.347 e. The van der Waals surface area contributed by atoms with E-state index >= 15 is 0 Å². The first kappa shape index (κ1) is 22.1. The van der Waals surface area contributed by atoms with Gasteiger partial charge in [-0.25, -0.2) is 0 Å². The van der Waals surface area contributed by atoms with Crippen LogP contribution in [0.15, 0.2) is 42.5 Å². The highest BCUT2D eigenvalue weighted by Crippen LogP contribution is 2.30. The third kappa shape index (κ3) is 4.47. The van der Waals surface area contributed by atoms with E-state index in [1.54, 1.807) is 0 Å². The van der Waals surface area contributed by atoms with Crippen molar-refractivity contribution in [1.82, 2.24) is 10.2 Å². The Hall–Kier alpha value is -3.55. The van der Waals surface area contributed by atoms with Crippen LogP contribution in [0.2, 0.25) is 0 Å². The zero-order valence-electron chi connectivity index (χ0n) is 17.8. The van der Waals surface area contributed by atoms with Crippen molar-refractivity contribution in [3.8, 4) is 0 Å². The van der Waals surface area contributed by atoms with E-state index in [2.05, 4.69) is 12.2 Å². The number of carbonyl (C=O) groups is 3. The van der Waals surface area contributed by atoms with Crippen molar-refractivity contribution < 1.29 is 19.3 Å². The molecule has 0 saturated heterocycles. The number of nitro benzene ring substituents is 1. The van der Waals surface area contributed by atoms with E-state index in [1.165, 1.54) is 23.8 Å². The van der Waals surface area contributed by atoms with E-state index in [0.717, 1.165) is 23.3 Å². The maximum atomic E-state index is 12.7. The van der Waals surface area contributed by atoms with Crippen LogP contribution in [0.1, 0.15) is 65.1 Å². The fraction of sp³-hybridized carbons (Fsp3) is 0.348. The molecule has 0 fully saturated rings. The van der Waals surface area contributed by atoms with Crippen molar-refractivity contribution >= 4 is 23.4 Å². The van der Waals surface area contributed by atoms with Crippen molar-refractivity contribution in [1.29, 1.82) is 0 Å². The monoisotopic (exact) mass is 423 g/mol.